The summed E-state index contributed by atoms with van der Waals surface area (Å²) in [5.74, 6) is 0.628. The van der Waals surface area contributed by atoms with Crippen LogP contribution in [-0.2, 0) is 11.2 Å². The molecule has 0 bridgehead atoms. The monoisotopic (exact) mass is 487 g/mol. The van der Waals surface area contributed by atoms with E-state index in [0.717, 1.165) is 57.4 Å². The molecule has 1 aromatic heterocycles. The maximum absolute atomic E-state index is 12.7. The molecular weight excluding hydrogens is 458 g/mol. The minimum Gasteiger partial charge on any atom is -0.493 e. The summed E-state index contributed by atoms with van der Waals surface area (Å²) >= 11 is 6.08. The number of hydrogen-bond acceptors (Lipinski definition) is 3. The lowest BCUT2D eigenvalue weighted by Crippen LogP contribution is -2.22. The van der Waals surface area contributed by atoms with E-state index in [-0.39, 0.29) is 5.91 Å². The molecule has 180 valence electrons. The van der Waals surface area contributed by atoms with Crippen LogP contribution in [0.4, 0.5) is 0 Å². The number of furan rings is 1. The van der Waals surface area contributed by atoms with Crippen LogP contribution in [0, 0.1) is 6.92 Å². The normalized spacial score (nSPS) is 11.6. The van der Waals surface area contributed by atoms with Crippen LogP contribution in [-0.4, -0.2) is 19.1 Å². The van der Waals surface area contributed by atoms with Gasteiger partial charge in [-0.15, -0.1) is 0 Å². The van der Waals surface area contributed by atoms with Crippen LogP contribution in [0.3, 0.4) is 0 Å². The summed E-state index contributed by atoms with van der Waals surface area (Å²) in [7, 11) is 0. The Morgan fingerprint density at radius 2 is 1.86 bits per heavy atom. The van der Waals surface area contributed by atoms with Crippen molar-refractivity contribution in [1.82, 2.24) is 5.32 Å². The minimum absolute atomic E-state index is 0.110. The van der Waals surface area contributed by atoms with Gasteiger partial charge in [0, 0.05) is 39.7 Å². The van der Waals surface area contributed by atoms with Crippen LogP contribution in [0.5, 0.6) is 5.75 Å². The third-order valence-electron chi connectivity index (χ3n) is 6.04. The zero-order valence-corrected chi connectivity index (χ0v) is 21.1. The van der Waals surface area contributed by atoms with E-state index in [1.807, 2.05) is 63.2 Å². The molecule has 0 radical (unpaired) electrons. The molecule has 1 heterocycles. The van der Waals surface area contributed by atoms with Crippen molar-refractivity contribution in [3.05, 3.63) is 94.7 Å². The summed E-state index contributed by atoms with van der Waals surface area (Å²) in [6, 6.07) is 20.0. The van der Waals surface area contributed by atoms with E-state index in [4.69, 9.17) is 20.8 Å². The molecule has 4 aromatic rings. The summed E-state index contributed by atoms with van der Waals surface area (Å²) in [5.41, 5.74) is 6.67. The molecule has 0 fully saturated rings. The number of rotatable bonds is 9. The van der Waals surface area contributed by atoms with E-state index >= 15 is 0 Å². The van der Waals surface area contributed by atoms with Crippen molar-refractivity contribution in [3.63, 3.8) is 0 Å². The van der Waals surface area contributed by atoms with Crippen LogP contribution in [0.1, 0.15) is 37.0 Å². The van der Waals surface area contributed by atoms with Gasteiger partial charge in [0.2, 0.25) is 5.91 Å². The predicted octanol–water partition coefficient (Wildman–Crippen LogP) is 7.61. The number of benzene rings is 3. The first-order valence-corrected chi connectivity index (χ1v) is 12.3. The largest absolute Gasteiger partial charge is 0.493 e. The Kier molecular flexibility index (Phi) is 7.94. The molecule has 0 aliphatic rings. The van der Waals surface area contributed by atoms with Gasteiger partial charge in [-0.3, -0.25) is 4.79 Å². The molecule has 0 atom stereocenters. The lowest BCUT2D eigenvalue weighted by Gasteiger charge is -2.15. The van der Waals surface area contributed by atoms with E-state index in [9.17, 15) is 4.79 Å². The lowest BCUT2D eigenvalue weighted by atomic mass is 9.96. The molecule has 3 aromatic carbocycles. The van der Waals surface area contributed by atoms with Gasteiger partial charge in [-0.1, -0.05) is 54.1 Å². The lowest BCUT2D eigenvalue weighted by molar-refractivity contribution is -0.116. The SMILES string of the molecule is CCOc1c(/C(C)=C/C(=O)NCCCc2ccccc2)cc2c(-c3ccc(Cl)cc3)coc2c1C. The summed E-state index contributed by atoms with van der Waals surface area (Å²) in [4.78, 5) is 12.7. The number of amides is 1. The van der Waals surface area contributed by atoms with E-state index in [1.165, 1.54) is 5.56 Å². The first kappa shape index (κ1) is 24.6. The van der Waals surface area contributed by atoms with Crippen LogP contribution < -0.4 is 10.1 Å². The van der Waals surface area contributed by atoms with Gasteiger partial charge in [-0.05, 0) is 68.5 Å². The molecule has 0 spiro atoms. The first-order chi connectivity index (χ1) is 17.0. The number of allylic oxidation sites excluding steroid dienone is 1. The fourth-order valence-corrected chi connectivity index (χ4v) is 4.39. The van der Waals surface area contributed by atoms with Gasteiger partial charge in [-0.25, -0.2) is 0 Å². The smallest absolute Gasteiger partial charge is 0.244 e. The fraction of sp³-hybridized carbons (Fsp3) is 0.233. The number of fused-ring (bicyclic) bond motifs is 1. The maximum atomic E-state index is 12.7. The minimum atomic E-state index is -0.110. The number of carbonyl (C=O) groups excluding carboxylic acids is 1. The molecule has 35 heavy (non-hydrogen) atoms. The highest BCUT2D eigenvalue weighted by Crippen LogP contribution is 2.40. The quantitative estimate of drug-likeness (QED) is 0.195. The number of nitrogens with one attached hydrogen (secondary N) is 1. The van der Waals surface area contributed by atoms with E-state index in [2.05, 4.69) is 23.5 Å². The van der Waals surface area contributed by atoms with Crippen LogP contribution in [0.15, 0.2) is 77.4 Å². The molecule has 0 aliphatic carbocycles. The highest BCUT2D eigenvalue weighted by Gasteiger charge is 2.19. The highest BCUT2D eigenvalue weighted by atomic mass is 35.5. The Bertz CT molecular complexity index is 1340. The second kappa shape index (κ2) is 11.3. The molecule has 0 aliphatic heterocycles. The third-order valence-corrected chi connectivity index (χ3v) is 6.30. The van der Waals surface area contributed by atoms with Crippen molar-refractivity contribution in [2.24, 2.45) is 0 Å². The maximum Gasteiger partial charge on any atom is 0.244 e. The Morgan fingerprint density at radius 1 is 1.11 bits per heavy atom. The van der Waals surface area contributed by atoms with Gasteiger partial charge in [0.15, 0.2) is 0 Å². The molecule has 0 saturated carbocycles. The van der Waals surface area contributed by atoms with Gasteiger partial charge in [-0.2, -0.15) is 0 Å². The van der Waals surface area contributed by atoms with Crippen molar-refractivity contribution >= 4 is 34.1 Å². The van der Waals surface area contributed by atoms with Crippen LogP contribution >= 0.6 is 11.6 Å². The van der Waals surface area contributed by atoms with Crippen molar-refractivity contribution in [2.45, 2.75) is 33.6 Å². The third kappa shape index (κ3) is 5.77. The second-order valence-corrected chi connectivity index (χ2v) is 8.99. The molecule has 0 saturated heterocycles. The van der Waals surface area contributed by atoms with Gasteiger partial charge >= 0.3 is 0 Å². The summed E-state index contributed by atoms with van der Waals surface area (Å²) < 4.78 is 12.0. The average molecular weight is 488 g/mol. The van der Waals surface area contributed by atoms with E-state index in [1.54, 1.807) is 12.3 Å². The number of ether oxygens (including phenoxy) is 1. The number of halogens is 1. The molecule has 4 nitrogen and oxygen atoms in total. The summed E-state index contributed by atoms with van der Waals surface area (Å²) in [6.45, 7) is 7.02. The molecule has 1 N–H and O–H groups in total. The van der Waals surface area contributed by atoms with Crippen molar-refractivity contribution in [3.8, 4) is 16.9 Å². The van der Waals surface area contributed by atoms with Crippen molar-refractivity contribution < 1.29 is 13.9 Å². The average Bonchev–Trinajstić information content (AvgIpc) is 3.29. The molecule has 5 heteroatoms. The molecular formula is C30H30ClNO3. The summed E-state index contributed by atoms with van der Waals surface area (Å²) in [6.07, 6.45) is 5.23. The predicted molar refractivity (Wildman–Crippen MR) is 144 cm³/mol. The van der Waals surface area contributed by atoms with Crippen LogP contribution in [0.2, 0.25) is 5.02 Å². The van der Waals surface area contributed by atoms with Gasteiger partial charge in [0.05, 0.1) is 12.9 Å². The van der Waals surface area contributed by atoms with Gasteiger partial charge in [0.25, 0.3) is 0 Å². The van der Waals surface area contributed by atoms with Crippen molar-refractivity contribution in [2.75, 3.05) is 13.2 Å². The van der Waals surface area contributed by atoms with E-state index < -0.39 is 0 Å². The number of carbonyl (C=O) groups is 1. The van der Waals surface area contributed by atoms with Crippen LogP contribution in [0.25, 0.3) is 27.7 Å². The molecule has 1 amide bonds. The Hall–Kier alpha value is -3.50. The topological polar surface area (TPSA) is 51.5 Å². The summed E-state index contributed by atoms with van der Waals surface area (Å²) in [5, 5.41) is 4.66. The Morgan fingerprint density at radius 3 is 2.57 bits per heavy atom. The zero-order chi connectivity index (χ0) is 24.8. The molecule has 4 rings (SSSR count). The number of aryl methyl sites for hydroxylation is 2. The molecule has 0 unspecified atom stereocenters. The van der Waals surface area contributed by atoms with E-state index in [0.29, 0.717) is 18.2 Å². The Balaban J connectivity index is 1.58. The standard InChI is InChI=1S/C30H30ClNO3/c1-4-34-29-21(3)30-26(27(19-35-30)23-12-14-24(31)15-13-23)18-25(29)20(2)17-28(33)32-16-8-11-22-9-6-5-7-10-22/h5-7,9-10,12-15,17-19H,4,8,11,16H2,1-3H3,(H,32,33)/b20-17+. The van der Waals surface area contributed by atoms with Crippen molar-refractivity contribution in [1.29, 1.82) is 0 Å². The highest BCUT2D eigenvalue weighted by molar-refractivity contribution is 6.30. The Labute approximate surface area is 211 Å². The first-order valence-electron chi connectivity index (χ1n) is 11.9. The number of hydrogen-bond donors (Lipinski definition) is 1. The van der Waals surface area contributed by atoms with Gasteiger partial charge < -0.3 is 14.5 Å². The second-order valence-electron chi connectivity index (χ2n) is 8.55. The fourth-order valence-electron chi connectivity index (χ4n) is 4.27. The zero-order valence-electron chi connectivity index (χ0n) is 20.4. The van der Waals surface area contributed by atoms with Gasteiger partial charge in [0.1, 0.15) is 11.3 Å².